The molecule has 0 saturated carbocycles. The first-order valence-corrected chi connectivity index (χ1v) is 13.5. The zero-order valence-corrected chi connectivity index (χ0v) is 23.5. The summed E-state index contributed by atoms with van der Waals surface area (Å²) in [6.07, 6.45) is 0.758. The maximum Gasteiger partial charge on any atom is 0.255 e. The Morgan fingerprint density at radius 2 is 1.90 bits per heavy atom. The maximum atomic E-state index is 13.7. The van der Waals surface area contributed by atoms with Gasteiger partial charge in [-0.15, -0.1) is 0 Å². The van der Waals surface area contributed by atoms with E-state index in [0.29, 0.717) is 52.1 Å². The first-order chi connectivity index (χ1) is 18.9. The zero-order chi connectivity index (χ0) is 27.4. The molecule has 4 aromatic rings. The summed E-state index contributed by atoms with van der Waals surface area (Å²) in [6.45, 7) is 6.67. The highest BCUT2D eigenvalue weighted by Crippen LogP contribution is 2.43. The fourth-order valence-corrected chi connectivity index (χ4v) is 5.17. The molecule has 1 aliphatic heterocycles. The van der Waals surface area contributed by atoms with E-state index in [0.717, 1.165) is 17.5 Å². The Hall–Kier alpha value is -4.18. The summed E-state index contributed by atoms with van der Waals surface area (Å²) < 4.78 is 14.5. The van der Waals surface area contributed by atoms with Crippen LogP contribution in [0.5, 0.6) is 11.5 Å². The third-order valence-corrected chi connectivity index (χ3v) is 6.95. The summed E-state index contributed by atoms with van der Waals surface area (Å²) in [6, 6.07) is 21.1. The Morgan fingerprint density at radius 1 is 1.08 bits per heavy atom. The van der Waals surface area contributed by atoms with Gasteiger partial charge in [-0.3, -0.25) is 4.79 Å². The van der Waals surface area contributed by atoms with Crippen molar-refractivity contribution in [3.05, 3.63) is 99.2 Å². The van der Waals surface area contributed by atoms with Gasteiger partial charge in [-0.25, -0.2) is 0 Å². The molecule has 1 unspecified atom stereocenters. The lowest BCUT2D eigenvalue weighted by Crippen LogP contribution is -2.31. The predicted molar refractivity (Wildman–Crippen MR) is 153 cm³/mol. The number of carbonyl (C=O) groups excluding carboxylic acids is 1. The van der Waals surface area contributed by atoms with E-state index in [2.05, 4.69) is 54.2 Å². The fraction of sp³-hybridized carbons (Fsp3) is 0.241. The standard InChI is InChI=1S/C29H29BrN6O3/c1-4-38-24-17-21(16-23(30)27(24)39-14-13-20-10-6-5-7-11-20)26-25(19(3)31-29-33-34-35-36(26)29)28(37)32-22-12-8-9-18(2)15-22/h5-12,15-17,26H,4,13-14H2,1-3H3,(H,32,37)(H,31,33,35). The third kappa shape index (κ3) is 5.80. The first kappa shape index (κ1) is 26.4. The lowest BCUT2D eigenvalue weighted by atomic mass is 9.94. The molecule has 0 spiro atoms. The van der Waals surface area contributed by atoms with Gasteiger partial charge in [0.05, 0.1) is 23.3 Å². The van der Waals surface area contributed by atoms with Crippen molar-refractivity contribution in [3.8, 4) is 11.5 Å². The van der Waals surface area contributed by atoms with Gasteiger partial charge in [-0.1, -0.05) is 47.6 Å². The predicted octanol–water partition coefficient (Wildman–Crippen LogP) is 5.69. The van der Waals surface area contributed by atoms with Crippen molar-refractivity contribution in [2.45, 2.75) is 33.2 Å². The molecule has 0 radical (unpaired) electrons. The smallest absolute Gasteiger partial charge is 0.255 e. The molecular weight excluding hydrogens is 560 g/mol. The van der Waals surface area contributed by atoms with Crippen molar-refractivity contribution in [2.75, 3.05) is 23.8 Å². The van der Waals surface area contributed by atoms with E-state index in [9.17, 15) is 4.79 Å². The molecule has 2 heterocycles. The number of aryl methyl sites for hydroxylation is 1. The molecule has 10 heteroatoms. The lowest BCUT2D eigenvalue weighted by molar-refractivity contribution is -0.113. The van der Waals surface area contributed by atoms with Crippen molar-refractivity contribution in [1.29, 1.82) is 0 Å². The number of allylic oxidation sites excluding steroid dienone is 1. The van der Waals surface area contributed by atoms with Crippen LogP contribution < -0.4 is 20.1 Å². The Labute approximate surface area is 235 Å². The van der Waals surface area contributed by atoms with E-state index >= 15 is 0 Å². The van der Waals surface area contributed by atoms with Crippen molar-refractivity contribution in [3.63, 3.8) is 0 Å². The number of amides is 1. The van der Waals surface area contributed by atoms with Gasteiger partial charge < -0.3 is 20.1 Å². The molecule has 1 atom stereocenters. The number of halogens is 1. The van der Waals surface area contributed by atoms with Crippen LogP contribution in [0.1, 0.15) is 36.6 Å². The van der Waals surface area contributed by atoms with E-state index < -0.39 is 6.04 Å². The van der Waals surface area contributed by atoms with Gasteiger partial charge in [0.15, 0.2) is 11.5 Å². The number of aromatic nitrogens is 4. The molecule has 0 bridgehead atoms. The Morgan fingerprint density at radius 3 is 2.67 bits per heavy atom. The lowest BCUT2D eigenvalue weighted by Gasteiger charge is -2.28. The van der Waals surface area contributed by atoms with E-state index in [4.69, 9.17) is 9.47 Å². The number of tetrazole rings is 1. The number of fused-ring (bicyclic) bond motifs is 1. The second kappa shape index (κ2) is 11.7. The average Bonchev–Trinajstić information content (AvgIpc) is 3.38. The van der Waals surface area contributed by atoms with E-state index in [1.54, 1.807) is 4.68 Å². The summed E-state index contributed by atoms with van der Waals surface area (Å²) >= 11 is 3.69. The number of hydrogen-bond acceptors (Lipinski definition) is 7. The molecule has 2 N–H and O–H groups in total. The van der Waals surface area contributed by atoms with Crippen LogP contribution in [-0.2, 0) is 11.2 Å². The molecule has 0 aliphatic carbocycles. The normalized spacial score (nSPS) is 14.4. The number of anilines is 2. The summed E-state index contributed by atoms with van der Waals surface area (Å²) in [4.78, 5) is 13.7. The molecule has 1 aromatic heterocycles. The summed E-state index contributed by atoms with van der Waals surface area (Å²) in [7, 11) is 0. The molecule has 1 aliphatic rings. The second-order valence-corrected chi connectivity index (χ2v) is 10.0. The van der Waals surface area contributed by atoms with Gasteiger partial charge in [0, 0.05) is 17.8 Å². The molecule has 0 saturated heterocycles. The fourth-order valence-electron chi connectivity index (χ4n) is 4.60. The molecule has 1 amide bonds. The Bertz CT molecular complexity index is 1520. The van der Waals surface area contributed by atoms with Crippen LogP contribution in [0.2, 0.25) is 0 Å². The highest BCUT2D eigenvalue weighted by atomic mass is 79.9. The number of ether oxygens (including phenoxy) is 2. The molecule has 200 valence electrons. The quantitative estimate of drug-likeness (QED) is 0.259. The number of rotatable bonds is 9. The van der Waals surface area contributed by atoms with Gasteiger partial charge >= 0.3 is 0 Å². The first-order valence-electron chi connectivity index (χ1n) is 12.7. The van der Waals surface area contributed by atoms with Gasteiger partial charge in [0.2, 0.25) is 5.95 Å². The van der Waals surface area contributed by atoms with Crippen LogP contribution in [0.25, 0.3) is 0 Å². The Kier molecular flexibility index (Phi) is 7.92. The number of benzene rings is 3. The van der Waals surface area contributed by atoms with Crippen LogP contribution >= 0.6 is 15.9 Å². The average molecular weight is 589 g/mol. The van der Waals surface area contributed by atoms with Crippen LogP contribution in [0, 0.1) is 6.92 Å². The van der Waals surface area contributed by atoms with Crippen molar-refractivity contribution in [1.82, 2.24) is 20.2 Å². The van der Waals surface area contributed by atoms with Crippen LogP contribution in [0.4, 0.5) is 11.6 Å². The Balaban J connectivity index is 1.49. The SMILES string of the molecule is CCOc1cc(C2C(C(=O)Nc3cccc(C)c3)=C(C)Nc3nnnn32)cc(Br)c1OCCc1ccccc1. The summed E-state index contributed by atoms with van der Waals surface area (Å²) in [5.41, 5.74) is 4.86. The van der Waals surface area contributed by atoms with Crippen LogP contribution in [0.15, 0.2) is 82.5 Å². The molecule has 3 aromatic carbocycles. The van der Waals surface area contributed by atoms with Gasteiger partial charge in [0.25, 0.3) is 5.91 Å². The van der Waals surface area contributed by atoms with Gasteiger partial charge in [0.1, 0.15) is 6.04 Å². The monoisotopic (exact) mass is 588 g/mol. The molecule has 9 nitrogen and oxygen atoms in total. The van der Waals surface area contributed by atoms with Gasteiger partial charge in [-0.2, -0.15) is 4.68 Å². The number of carbonyl (C=O) groups is 1. The molecule has 0 fully saturated rings. The maximum absolute atomic E-state index is 13.7. The van der Waals surface area contributed by atoms with E-state index in [-0.39, 0.29) is 5.91 Å². The van der Waals surface area contributed by atoms with Crippen LogP contribution in [0.3, 0.4) is 0 Å². The minimum absolute atomic E-state index is 0.256. The highest BCUT2D eigenvalue weighted by Gasteiger charge is 2.35. The topological polar surface area (TPSA) is 103 Å². The zero-order valence-electron chi connectivity index (χ0n) is 21.9. The van der Waals surface area contributed by atoms with Crippen molar-refractivity contribution < 1.29 is 14.3 Å². The number of hydrogen-bond donors (Lipinski definition) is 2. The largest absolute Gasteiger partial charge is 0.490 e. The molecular formula is C29H29BrN6O3. The minimum Gasteiger partial charge on any atom is -0.490 e. The molecule has 5 rings (SSSR count). The second-order valence-electron chi connectivity index (χ2n) is 9.18. The van der Waals surface area contributed by atoms with Crippen molar-refractivity contribution >= 4 is 33.5 Å². The van der Waals surface area contributed by atoms with E-state index in [1.807, 2.05) is 75.4 Å². The number of nitrogens with one attached hydrogen (secondary N) is 2. The summed E-state index contributed by atoms with van der Waals surface area (Å²) in [5.74, 6) is 1.36. The number of nitrogens with zero attached hydrogens (tertiary/aromatic N) is 4. The molecule has 39 heavy (non-hydrogen) atoms. The van der Waals surface area contributed by atoms with Crippen LogP contribution in [-0.4, -0.2) is 39.3 Å². The van der Waals surface area contributed by atoms with E-state index in [1.165, 1.54) is 5.56 Å². The highest BCUT2D eigenvalue weighted by molar-refractivity contribution is 9.10. The van der Waals surface area contributed by atoms with Crippen molar-refractivity contribution in [2.24, 2.45) is 0 Å². The van der Waals surface area contributed by atoms with Gasteiger partial charge in [-0.05, 0) is 88.1 Å². The summed E-state index contributed by atoms with van der Waals surface area (Å²) in [5, 5.41) is 18.3. The minimum atomic E-state index is -0.602. The third-order valence-electron chi connectivity index (χ3n) is 6.36.